The highest BCUT2D eigenvalue weighted by Crippen LogP contribution is 2.09. The van der Waals surface area contributed by atoms with Gasteiger partial charge in [0.2, 0.25) is 11.8 Å². The summed E-state index contributed by atoms with van der Waals surface area (Å²) in [6.45, 7) is 4.08. The Hall–Kier alpha value is -2.71. The Morgan fingerprint density at radius 1 is 1.07 bits per heavy atom. The lowest BCUT2D eigenvalue weighted by atomic mass is 10.1. The van der Waals surface area contributed by atoms with Crippen LogP contribution in [0, 0.1) is 0 Å². The molecular formula is C21H29N3O5. The fourth-order valence-corrected chi connectivity index (χ4v) is 2.95. The zero-order valence-corrected chi connectivity index (χ0v) is 17.1. The highest BCUT2D eigenvalue weighted by molar-refractivity contribution is 5.92. The minimum Gasteiger partial charge on any atom is -0.465 e. The summed E-state index contributed by atoms with van der Waals surface area (Å²) in [7, 11) is 2.97. The maximum atomic E-state index is 12.4. The predicted molar refractivity (Wildman–Crippen MR) is 109 cm³/mol. The van der Waals surface area contributed by atoms with Crippen molar-refractivity contribution in [2.75, 3.05) is 60.1 Å². The van der Waals surface area contributed by atoms with Gasteiger partial charge in [-0.25, -0.2) is 4.79 Å². The third-order valence-electron chi connectivity index (χ3n) is 4.65. The van der Waals surface area contributed by atoms with Crippen LogP contribution in [0.15, 0.2) is 30.3 Å². The van der Waals surface area contributed by atoms with Gasteiger partial charge >= 0.3 is 5.97 Å². The molecule has 0 unspecified atom stereocenters. The van der Waals surface area contributed by atoms with E-state index in [1.54, 1.807) is 42.4 Å². The van der Waals surface area contributed by atoms with Crippen molar-refractivity contribution in [2.24, 2.45) is 0 Å². The fraction of sp³-hybridized carbons (Fsp3) is 0.476. The van der Waals surface area contributed by atoms with Gasteiger partial charge in [0.05, 0.1) is 19.2 Å². The summed E-state index contributed by atoms with van der Waals surface area (Å²) in [5.41, 5.74) is 1.30. The average Bonchev–Trinajstić information content (AvgIpc) is 2.75. The Labute approximate surface area is 171 Å². The fourth-order valence-electron chi connectivity index (χ4n) is 2.95. The minimum atomic E-state index is -0.391. The van der Waals surface area contributed by atoms with Crippen LogP contribution in [0.25, 0.3) is 6.08 Å². The molecule has 1 aliphatic rings. The Bertz CT molecular complexity index is 710. The van der Waals surface area contributed by atoms with Crippen molar-refractivity contribution in [3.8, 4) is 0 Å². The number of benzene rings is 1. The lowest BCUT2D eigenvalue weighted by Crippen LogP contribution is -2.50. The second kappa shape index (κ2) is 12.0. The molecule has 2 amide bonds. The number of ether oxygens (including phenoxy) is 2. The smallest absolute Gasteiger partial charge is 0.337 e. The lowest BCUT2D eigenvalue weighted by molar-refractivity contribution is -0.128. The molecule has 1 saturated heterocycles. The molecule has 1 aliphatic heterocycles. The number of nitrogens with one attached hydrogen (secondary N) is 1. The highest BCUT2D eigenvalue weighted by atomic mass is 16.5. The van der Waals surface area contributed by atoms with Crippen LogP contribution in [0.2, 0.25) is 0 Å². The number of carbonyl (C=O) groups excluding carboxylic acids is 3. The Balaban J connectivity index is 1.73. The van der Waals surface area contributed by atoms with Gasteiger partial charge in [-0.2, -0.15) is 0 Å². The summed E-state index contributed by atoms with van der Waals surface area (Å²) >= 11 is 0. The third kappa shape index (κ3) is 7.67. The zero-order chi connectivity index (χ0) is 21.1. The van der Waals surface area contributed by atoms with Crippen LogP contribution < -0.4 is 5.32 Å². The molecule has 0 aromatic heterocycles. The van der Waals surface area contributed by atoms with Gasteiger partial charge in [0.1, 0.15) is 0 Å². The molecular weight excluding hydrogens is 374 g/mol. The zero-order valence-electron chi connectivity index (χ0n) is 17.1. The van der Waals surface area contributed by atoms with E-state index in [9.17, 15) is 14.4 Å². The van der Waals surface area contributed by atoms with Crippen molar-refractivity contribution in [1.29, 1.82) is 0 Å². The molecule has 0 saturated carbocycles. The van der Waals surface area contributed by atoms with Crippen molar-refractivity contribution in [3.63, 3.8) is 0 Å². The summed E-state index contributed by atoms with van der Waals surface area (Å²) in [5, 5.41) is 2.87. The molecule has 1 heterocycles. The molecule has 0 spiro atoms. The summed E-state index contributed by atoms with van der Waals surface area (Å²) < 4.78 is 9.62. The summed E-state index contributed by atoms with van der Waals surface area (Å²) in [6.07, 6.45) is 4.05. The van der Waals surface area contributed by atoms with Crippen molar-refractivity contribution in [2.45, 2.75) is 6.42 Å². The van der Waals surface area contributed by atoms with Gasteiger partial charge < -0.3 is 19.7 Å². The number of carbonyl (C=O) groups is 3. The minimum absolute atomic E-state index is 0.00354. The van der Waals surface area contributed by atoms with Crippen LogP contribution in [-0.2, 0) is 19.1 Å². The van der Waals surface area contributed by atoms with Crippen molar-refractivity contribution in [3.05, 3.63) is 41.5 Å². The van der Waals surface area contributed by atoms with Gasteiger partial charge in [-0.3, -0.25) is 14.5 Å². The molecule has 0 bridgehead atoms. The van der Waals surface area contributed by atoms with Crippen LogP contribution in [-0.4, -0.2) is 87.7 Å². The van der Waals surface area contributed by atoms with Gasteiger partial charge in [0, 0.05) is 52.5 Å². The lowest BCUT2D eigenvalue weighted by Gasteiger charge is -2.33. The topological polar surface area (TPSA) is 88.2 Å². The number of amides is 2. The van der Waals surface area contributed by atoms with E-state index in [0.29, 0.717) is 51.4 Å². The van der Waals surface area contributed by atoms with E-state index in [2.05, 4.69) is 10.1 Å². The number of nitrogens with zero attached hydrogens (tertiary/aromatic N) is 2. The SMILES string of the molecule is COCCCNC(=O)CN1CCN(C(=O)/C=C/c2ccc(C(=O)OC)cc2)CC1. The monoisotopic (exact) mass is 403 g/mol. The maximum absolute atomic E-state index is 12.4. The van der Waals surface area contributed by atoms with Gasteiger partial charge in [-0.05, 0) is 30.2 Å². The Morgan fingerprint density at radius 3 is 2.38 bits per heavy atom. The van der Waals surface area contributed by atoms with Crippen LogP contribution in [0.1, 0.15) is 22.3 Å². The molecule has 1 aromatic carbocycles. The van der Waals surface area contributed by atoms with Crippen LogP contribution >= 0.6 is 0 Å². The molecule has 0 atom stereocenters. The molecule has 29 heavy (non-hydrogen) atoms. The molecule has 158 valence electrons. The van der Waals surface area contributed by atoms with Gasteiger partial charge in [0.15, 0.2) is 0 Å². The summed E-state index contributed by atoms with van der Waals surface area (Å²) in [6, 6.07) is 6.85. The largest absolute Gasteiger partial charge is 0.465 e. The first-order chi connectivity index (χ1) is 14.0. The van der Waals surface area contributed by atoms with Crippen molar-refractivity contribution in [1.82, 2.24) is 15.1 Å². The number of esters is 1. The van der Waals surface area contributed by atoms with Gasteiger partial charge in [0.25, 0.3) is 0 Å². The predicted octanol–water partition coefficient (Wildman–Crippen LogP) is 0.783. The average molecular weight is 403 g/mol. The maximum Gasteiger partial charge on any atom is 0.337 e. The molecule has 8 nitrogen and oxygen atoms in total. The quantitative estimate of drug-likeness (QED) is 0.373. The number of hydrogen-bond donors (Lipinski definition) is 1. The third-order valence-corrected chi connectivity index (χ3v) is 4.65. The van der Waals surface area contributed by atoms with Crippen LogP contribution in [0.3, 0.4) is 0 Å². The highest BCUT2D eigenvalue weighted by Gasteiger charge is 2.21. The molecule has 8 heteroatoms. The normalized spacial score (nSPS) is 14.8. The van der Waals surface area contributed by atoms with Gasteiger partial charge in [-0.15, -0.1) is 0 Å². The van der Waals surface area contributed by atoms with Crippen molar-refractivity contribution < 1.29 is 23.9 Å². The van der Waals surface area contributed by atoms with E-state index >= 15 is 0 Å². The molecule has 1 fully saturated rings. The van der Waals surface area contributed by atoms with E-state index in [-0.39, 0.29) is 11.8 Å². The standard InChI is InChI=1S/C21H29N3O5/c1-28-15-3-10-22-19(25)16-23-11-13-24(14-12-23)20(26)9-6-17-4-7-18(8-5-17)21(27)29-2/h4-9H,3,10-16H2,1-2H3,(H,22,25)/b9-6+. The van der Waals surface area contributed by atoms with Crippen LogP contribution in [0.4, 0.5) is 0 Å². The first-order valence-electron chi connectivity index (χ1n) is 9.67. The second-order valence-corrected chi connectivity index (χ2v) is 6.74. The van der Waals surface area contributed by atoms with E-state index in [0.717, 1.165) is 12.0 Å². The first kappa shape index (κ1) is 22.6. The number of methoxy groups -OCH3 is 2. The summed E-state index contributed by atoms with van der Waals surface area (Å²) in [5.74, 6) is -0.458. The van der Waals surface area contributed by atoms with E-state index in [4.69, 9.17) is 4.74 Å². The molecule has 2 rings (SSSR count). The molecule has 1 N–H and O–H groups in total. The Morgan fingerprint density at radius 2 is 1.76 bits per heavy atom. The molecule has 0 aliphatic carbocycles. The number of piperazine rings is 1. The van der Waals surface area contributed by atoms with Gasteiger partial charge in [-0.1, -0.05) is 12.1 Å². The summed E-state index contributed by atoms with van der Waals surface area (Å²) in [4.78, 5) is 39.6. The molecule has 1 aromatic rings. The number of hydrogen-bond acceptors (Lipinski definition) is 6. The molecule has 0 radical (unpaired) electrons. The van der Waals surface area contributed by atoms with E-state index < -0.39 is 5.97 Å². The van der Waals surface area contributed by atoms with Crippen molar-refractivity contribution >= 4 is 23.9 Å². The van der Waals surface area contributed by atoms with Crippen LogP contribution in [0.5, 0.6) is 0 Å². The number of rotatable bonds is 9. The second-order valence-electron chi connectivity index (χ2n) is 6.74. The first-order valence-corrected chi connectivity index (χ1v) is 9.67. The Kier molecular flexibility index (Phi) is 9.33. The van der Waals surface area contributed by atoms with E-state index in [1.165, 1.54) is 13.2 Å². The van der Waals surface area contributed by atoms with E-state index in [1.807, 2.05) is 4.90 Å².